The van der Waals surface area contributed by atoms with Gasteiger partial charge in [0.2, 0.25) is 5.88 Å². The van der Waals surface area contributed by atoms with E-state index in [1.54, 1.807) is 11.3 Å². The first-order chi connectivity index (χ1) is 12.2. The van der Waals surface area contributed by atoms with Crippen molar-refractivity contribution >= 4 is 27.5 Å². The first-order valence-corrected chi connectivity index (χ1v) is 9.76. The summed E-state index contributed by atoms with van der Waals surface area (Å²) in [6.45, 7) is 2.21. The van der Waals surface area contributed by atoms with Gasteiger partial charge in [-0.25, -0.2) is 9.97 Å². The molecule has 6 nitrogen and oxygen atoms in total. The standard InChI is InChI=1S/C18H22N2O4S/c1-2-23-18(22)12-7-8-13-14(12)15-16(19-9-20-17(15)25-13)24-11-5-3-10(21)4-6-11/h9-12,21H,2-8H2,1H3. The fourth-order valence-corrected chi connectivity index (χ4v) is 5.04. The zero-order valence-electron chi connectivity index (χ0n) is 14.2. The zero-order valence-corrected chi connectivity index (χ0v) is 15.1. The number of nitrogens with zero attached hydrogens (tertiary/aromatic N) is 2. The van der Waals surface area contributed by atoms with Crippen LogP contribution in [0.5, 0.6) is 5.88 Å². The molecule has 0 aliphatic heterocycles. The third kappa shape index (κ3) is 3.11. The highest BCUT2D eigenvalue weighted by Crippen LogP contribution is 2.46. The van der Waals surface area contributed by atoms with Crippen LogP contribution >= 0.6 is 11.3 Å². The number of carbonyl (C=O) groups excluding carboxylic acids is 1. The Hall–Kier alpha value is -1.73. The number of carbonyl (C=O) groups is 1. The number of aliphatic hydroxyl groups excluding tert-OH is 1. The second-order valence-electron chi connectivity index (χ2n) is 6.69. The zero-order chi connectivity index (χ0) is 17.4. The van der Waals surface area contributed by atoms with Gasteiger partial charge < -0.3 is 14.6 Å². The van der Waals surface area contributed by atoms with E-state index >= 15 is 0 Å². The van der Waals surface area contributed by atoms with E-state index in [0.29, 0.717) is 12.5 Å². The number of hydrogen-bond acceptors (Lipinski definition) is 7. The van der Waals surface area contributed by atoms with Gasteiger partial charge in [-0.1, -0.05) is 0 Å². The molecule has 0 bridgehead atoms. The Balaban J connectivity index is 1.68. The van der Waals surface area contributed by atoms with Crippen molar-refractivity contribution < 1.29 is 19.4 Å². The summed E-state index contributed by atoms with van der Waals surface area (Å²) in [6.07, 6.45) is 6.16. The molecule has 134 valence electrons. The third-order valence-corrected chi connectivity index (χ3v) is 6.24. The van der Waals surface area contributed by atoms with E-state index < -0.39 is 0 Å². The lowest BCUT2D eigenvalue weighted by Gasteiger charge is -2.26. The van der Waals surface area contributed by atoms with Gasteiger partial charge in [-0.15, -0.1) is 11.3 Å². The Bertz CT molecular complexity index is 783. The summed E-state index contributed by atoms with van der Waals surface area (Å²) in [5.74, 6) is 0.154. The summed E-state index contributed by atoms with van der Waals surface area (Å²) in [6, 6.07) is 0. The molecule has 2 aliphatic carbocycles. The number of aromatic nitrogens is 2. The molecule has 1 fully saturated rings. The maximum Gasteiger partial charge on any atom is 0.313 e. The molecule has 0 aromatic carbocycles. The Labute approximate surface area is 150 Å². The smallest absolute Gasteiger partial charge is 0.313 e. The van der Waals surface area contributed by atoms with Gasteiger partial charge >= 0.3 is 5.97 Å². The molecule has 1 N–H and O–H groups in total. The van der Waals surface area contributed by atoms with Gasteiger partial charge in [-0.3, -0.25) is 4.79 Å². The first-order valence-electron chi connectivity index (χ1n) is 8.95. The van der Waals surface area contributed by atoms with Crippen LogP contribution in [-0.4, -0.2) is 39.9 Å². The number of hydrogen-bond donors (Lipinski definition) is 1. The molecule has 2 aromatic rings. The molecule has 0 saturated heterocycles. The van der Waals surface area contributed by atoms with Crippen LogP contribution in [0, 0.1) is 0 Å². The number of esters is 1. The molecular weight excluding hydrogens is 340 g/mol. The van der Waals surface area contributed by atoms with Crippen molar-refractivity contribution in [3.63, 3.8) is 0 Å². The van der Waals surface area contributed by atoms with E-state index in [-0.39, 0.29) is 24.1 Å². The average molecular weight is 362 g/mol. The van der Waals surface area contributed by atoms with Gasteiger partial charge in [0.25, 0.3) is 0 Å². The minimum absolute atomic E-state index is 0.0551. The lowest BCUT2D eigenvalue weighted by atomic mass is 9.95. The van der Waals surface area contributed by atoms with Crippen molar-refractivity contribution in [1.29, 1.82) is 0 Å². The van der Waals surface area contributed by atoms with Crippen LogP contribution in [0.4, 0.5) is 0 Å². The minimum atomic E-state index is -0.245. The van der Waals surface area contributed by atoms with E-state index in [1.165, 1.54) is 11.2 Å². The molecule has 1 unspecified atom stereocenters. The lowest BCUT2D eigenvalue weighted by Crippen LogP contribution is -2.26. The SMILES string of the molecule is CCOC(=O)C1CCc2sc3ncnc(OC4CCC(O)CC4)c3c21. The van der Waals surface area contributed by atoms with Crippen LogP contribution in [0.1, 0.15) is 55.4 Å². The molecule has 1 atom stereocenters. The Kier molecular flexibility index (Phi) is 4.60. The summed E-state index contributed by atoms with van der Waals surface area (Å²) >= 11 is 1.62. The second kappa shape index (κ2) is 6.88. The fraction of sp³-hybridized carbons (Fsp3) is 0.611. The van der Waals surface area contributed by atoms with E-state index in [1.807, 2.05) is 6.92 Å². The topological polar surface area (TPSA) is 81.5 Å². The highest BCUT2D eigenvalue weighted by molar-refractivity contribution is 7.19. The van der Waals surface area contributed by atoms with Gasteiger partial charge in [0.15, 0.2) is 0 Å². The number of thiophene rings is 1. The predicted octanol–water partition coefficient (Wildman–Crippen LogP) is 2.97. The molecule has 0 spiro atoms. The average Bonchev–Trinajstić information content (AvgIpc) is 3.16. The van der Waals surface area contributed by atoms with E-state index in [0.717, 1.165) is 54.3 Å². The van der Waals surface area contributed by atoms with Crippen molar-refractivity contribution in [3.8, 4) is 5.88 Å². The van der Waals surface area contributed by atoms with Crippen molar-refractivity contribution in [3.05, 3.63) is 16.8 Å². The summed E-state index contributed by atoms with van der Waals surface area (Å²) in [5.41, 5.74) is 1.00. The molecule has 4 rings (SSSR count). The van der Waals surface area contributed by atoms with Crippen LogP contribution in [0.15, 0.2) is 6.33 Å². The van der Waals surface area contributed by atoms with Gasteiger partial charge in [0, 0.05) is 4.88 Å². The molecule has 0 amide bonds. The molecule has 2 aliphatic rings. The van der Waals surface area contributed by atoms with Crippen LogP contribution in [0.3, 0.4) is 0 Å². The third-order valence-electron chi connectivity index (χ3n) is 5.07. The number of aliphatic hydroxyl groups is 1. The number of fused-ring (bicyclic) bond motifs is 3. The lowest BCUT2D eigenvalue weighted by molar-refractivity contribution is -0.144. The molecule has 1 saturated carbocycles. The predicted molar refractivity (Wildman–Crippen MR) is 94.0 cm³/mol. The molecular formula is C18H22N2O4S. The van der Waals surface area contributed by atoms with E-state index in [9.17, 15) is 9.90 Å². The van der Waals surface area contributed by atoms with Crippen molar-refractivity contribution in [2.75, 3.05) is 6.61 Å². The first kappa shape index (κ1) is 16.7. The van der Waals surface area contributed by atoms with E-state index in [4.69, 9.17) is 9.47 Å². The molecule has 2 aromatic heterocycles. The highest BCUT2D eigenvalue weighted by atomic mass is 32.1. The summed E-state index contributed by atoms with van der Waals surface area (Å²) < 4.78 is 11.4. The molecule has 25 heavy (non-hydrogen) atoms. The largest absolute Gasteiger partial charge is 0.474 e. The Morgan fingerprint density at radius 2 is 2.08 bits per heavy atom. The number of ether oxygens (including phenoxy) is 2. The van der Waals surface area contributed by atoms with Crippen LogP contribution < -0.4 is 4.74 Å². The monoisotopic (exact) mass is 362 g/mol. The summed E-state index contributed by atoms with van der Waals surface area (Å²) in [5, 5.41) is 10.6. The summed E-state index contributed by atoms with van der Waals surface area (Å²) in [7, 11) is 0. The minimum Gasteiger partial charge on any atom is -0.474 e. The van der Waals surface area contributed by atoms with Gasteiger partial charge in [0.05, 0.1) is 24.0 Å². The normalized spacial score (nSPS) is 25.8. The molecule has 0 radical (unpaired) electrons. The van der Waals surface area contributed by atoms with Crippen LogP contribution in [0.25, 0.3) is 10.2 Å². The quantitative estimate of drug-likeness (QED) is 0.842. The van der Waals surface area contributed by atoms with Crippen molar-refractivity contribution in [1.82, 2.24) is 9.97 Å². The molecule has 2 heterocycles. The molecule has 7 heteroatoms. The van der Waals surface area contributed by atoms with Crippen LogP contribution in [-0.2, 0) is 16.0 Å². The Morgan fingerprint density at radius 3 is 2.84 bits per heavy atom. The van der Waals surface area contributed by atoms with Gasteiger partial charge in [0.1, 0.15) is 17.3 Å². The summed E-state index contributed by atoms with van der Waals surface area (Å²) in [4.78, 5) is 23.2. The van der Waals surface area contributed by atoms with Gasteiger partial charge in [-0.05, 0) is 51.0 Å². The highest BCUT2D eigenvalue weighted by Gasteiger charge is 2.36. The van der Waals surface area contributed by atoms with Crippen LogP contribution in [0.2, 0.25) is 0 Å². The number of aryl methyl sites for hydroxylation is 1. The van der Waals surface area contributed by atoms with E-state index in [2.05, 4.69) is 9.97 Å². The van der Waals surface area contributed by atoms with Crippen molar-refractivity contribution in [2.24, 2.45) is 0 Å². The maximum absolute atomic E-state index is 12.4. The maximum atomic E-state index is 12.4. The fourth-order valence-electron chi connectivity index (χ4n) is 3.84. The second-order valence-corrected chi connectivity index (χ2v) is 7.77. The van der Waals surface area contributed by atoms with Gasteiger partial charge in [-0.2, -0.15) is 0 Å². The van der Waals surface area contributed by atoms with Crippen molar-refractivity contribution in [2.45, 2.75) is 63.6 Å². The number of rotatable bonds is 4. The Morgan fingerprint density at radius 1 is 1.28 bits per heavy atom.